The first-order valence-electron chi connectivity index (χ1n) is 11.7. The van der Waals surface area contributed by atoms with Gasteiger partial charge in [0.05, 0.1) is 15.6 Å². The number of anilines is 1. The van der Waals surface area contributed by atoms with Gasteiger partial charge in [0.15, 0.2) is 0 Å². The van der Waals surface area contributed by atoms with Gasteiger partial charge in [-0.3, -0.25) is 4.79 Å². The van der Waals surface area contributed by atoms with Crippen LogP contribution in [0, 0.1) is 0 Å². The molecular formula is C27H27Cl2N3O3. The van der Waals surface area contributed by atoms with Crippen molar-refractivity contribution in [2.45, 2.75) is 44.6 Å². The molecule has 0 spiro atoms. The maximum Gasteiger partial charge on any atom is 0.326 e. The van der Waals surface area contributed by atoms with Crippen molar-refractivity contribution < 1.29 is 14.7 Å². The Morgan fingerprint density at radius 3 is 2.43 bits per heavy atom. The number of aliphatic carboxylic acids is 1. The summed E-state index contributed by atoms with van der Waals surface area (Å²) in [7, 11) is 0. The van der Waals surface area contributed by atoms with Crippen LogP contribution >= 0.6 is 23.2 Å². The lowest BCUT2D eigenvalue weighted by Gasteiger charge is -2.17. The number of amides is 1. The van der Waals surface area contributed by atoms with Gasteiger partial charge >= 0.3 is 5.97 Å². The molecule has 3 aromatic rings. The highest BCUT2D eigenvalue weighted by molar-refractivity contribution is 6.39. The minimum Gasteiger partial charge on any atom is -0.480 e. The van der Waals surface area contributed by atoms with Crippen LogP contribution in [0.5, 0.6) is 0 Å². The molecule has 1 amide bonds. The maximum absolute atomic E-state index is 12.6. The van der Waals surface area contributed by atoms with Crippen molar-refractivity contribution in [1.82, 2.24) is 10.3 Å². The molecule has 2 heterocycles. The monoisotopic (exact) mass is 511 g/mol. The number of nitrogens with zero attached hydrogens (tertiary/aromatic N) is 1. The number of fused-ring (bicyclic) bond motifs is 1. The molecule has 0 radical (unpaired) electrons. The highest BCUT2D eigenvalue weighted by Crippen LogP contribution is 2.24. The average molecular weight is 512 g/mol. The van der Waals surface area contributed by atoms with E-state index in [2.05, 4.69) is 22.8 Å². The van der Waals surface area contributed by atoms with E-state index in [1.54, 1.807) is 6.07 Å². The van der Waals surface area contributed by atoms with Crippen molar-refractivity contribution in [3.8, 4) is 0 Å². The first-order chi connectivity index (χ1) is 16.9. The lowest BCUT2D eigenvalue weighted by atomic mass is 10.0. The number of aryl methyl sites for hydroxylation is 3. The lowest BCUT2D eigenvalue weighted by molar-refractivity contribution is -0.139. The molecule has 0 unspecified atom stereocenters. The predicted octanol–water partition coefficient (Wildman–Crippen LogP) is 5.35. The fraction of sp³-hybridized carbons (Fsp3) is 0.296. The number of pyridine rings is 1. The average Bonchev–Trinajstić information content (AvgIpc) is 2.84. The molecule has 0 bridgehead atoms. The van der Waals surface area contributed by atoms with E-state index in [4.69, 9.17) is 28.2 Å². The van der Waals surface area contributed by atoms with E-state index in [1.165, 1.54) is 23.3 Å². The summed E-state index contributed by atoms with van der Waals surface area (Å²) in [5.74, 6) is -0.719. The Balaban J connectivity index is 1.31. The number of carboxylic acid groups (broad SMARTS) is 1. The van der Waals surface area contributed by atoms with Crippen molar-refractivity contribution in [2.75, 3.05) is 11.9 Å². The zero-order valence-electron chi connectivity index (χ0n) is 19.2. The third kappa shape index (κ3) is 6.53. The van der Waals surface area contributed by atoms with Crippen LogP contribution in [0.15, 0.2) is 54.6 Å². The Labute approximate surface area is 214 Å². The van der Waals surface area contributed by atoms with Crippen LogP contribution in [0.1, 0.15) is 45.6 Å². The van der Waals surface area contributed by atoms with Gasteiger partial charge in [-0.15, -0.1) is 0 Å². The molecule has 8 heteroatoms. The summed E-state index contributed by atoms with van der Waals surface area (Å²) in [5, 5.41) is 15.9. The second-order valence-electron chi connectivity index (χ2n) is 8.68. The summed E-state index contributed by atoms with van der Waals surface area (Å²) in [6, 6.07) is 15.7. The summed E-state index contributed by atoms with van der Waals surface area (Å²) in [6.45, 7) is 0.982. The Kier molecular flexibility index (Phi) is 8.26. The number of nitrogens with one attached hydrogen (secondary N) is 2. The number of hydrogen-bond acceptors (Lipinski definition) is 4. The largest absolute Gasteiger partial charge is 0.480 e. The van der Waals surface area contributed by atoms with Crippen LogP contribution in [0.25, 0.3) is 0 Å². The molecule has 1 atom stereocenters. The fourth-order valence-electron chi connectivity index (χ4n) is 4.20. The summed E-state index contributed by atoms with van der Waals surface area (Å²) in [5.41, 5.74) is 4.44. The number of aromatic nitrogens is 1. The molecule has 1 aromatic heterocycles. The van der Waals surface area contributed by atoms with Gasteiger partial charge in [0.25, 0.3) is 5.91 Å². The lowest BCUT2D eigenvalue weighted by Crippen LogP contribution is -2.42. The minimum absolute atomic E-state index is 0.0710. The van der Waals surface area contributed by atoms with Gasteiger partial charge in [-0.2, -0.15) is 0 Å². The van der Waals surface area contributed by atoms with Crippen LogP contribution < -0.4 is 10.6 Å². The number of halogens is 2. The van der Waals surface area contributed by atoms with Gasteiger partial charge in [0.2, 0.25) is 0 Å². The molecule has 0 aliphatic carbocycles. The first kappa shape index (κ1) is 25.0. The molecule has 6 nitrogen and oxygen atoms in total. The third-order valence-electron chi connectivity index (χ3n) is 6.11. The highest BCUT2D eigenvalue weighted by atomic mass is 35.5. The van der Waals surface area contributed by atoms with E-state index >= 15 is 0 Å². The smallest absolute Gasteiger partial charge is 0.326 e. The van der Waals surface area contributed by atoms with Crippen LogP contribution in [0.4, 0.5) is 5.82 Å². The topological polar surface area (TPSA) is 91.3 Å². The van der Waals surface area contributed by atoms with Crippen molar-refractivity contribution in [1.29, 1.82) is 0 Å². The number of hydrogen-bond donors (Lipinski definition) is 3. The highest BCUT2D eigenvalue weighted by Gasteiger charge is 2.23. The molecule has 0 fully saturated rings. The minimum atomic E-state index is -1.13. The van der Waals surface area contributed by atoms with Crippen molar-refractivity contribution in [3.05, 3.63) is 92.6 Å². The molecule has 0 saturated heterocycles. The van der Waals surface area contributed by atoms with E-state index in [0.29, 0.717) is 0 Å². The molecule has 182 valence electrons. The fourth-order valence-corrected chi connectivity index (χ4v) is 4.77. The van der Waals surface area contributed by atoms with Crippen LogP contribution in [0.2, 0.25) is 10.0 Å². The van der Waals surface area contributed by atoms with E-state index in [0.717, 1.165) is 55.7 Å². The van der Waals surface area contributed by atoms with Gasteiger partial charge in [0, 0.05) is 18.7 Å². The summed E-state index contributed by atoms with van der Waals surface area (Å²) >= 11 is 12.2. The molecule has 1 aliphatic rings. The molecule has 4 rings (SSSR count). The van der Waals surface area contributed by atoms with Crippen molar-refractivity contribution in [2.24, 2.45) is 0 Å². The van der Waals surface area contributed by atoms with Crippen LogP contribution in [-0.2, 0) is 30.5 Å². The Morgan fingerprint density at radius 2 is 1.71 bits per heavy atom. The zero-order valence-corrected chi connectivity index (χ0v) is 20.7. The number of carboxylic acids is 1. The van der Waals surface area contributed by atoms with E-state index < -0.39 is 17.9 Å². The second-order valence-corrected chi connectivity index (χ2v) is 9.49. The summed E-state index contributed by atoms with van der Waals surface area (Å²) in [6.07, 6.45) is 5.15. The van der Waals surface area contributed by atoms with Gasteiger partial charge in [-0.25, -0.2) is 9.78 Å². The van der Waals surface area contributed by atoms with Crippen molar-refractivity contribution in [3.63, 3.8) is 0 Å². The first-order valence-corrected chi connectivity index (χ1v) is 12.4. The molecule has 35 heavy (non-hydrogen) atoms. The Hall–Kier alpha value is -3.09. The van der Waals surface area contributed by atoms with Crippen LogP contribution in [0.3, 0.4) is 0 Å². The van der Waals surface area contributed by atoms with Gasteiger partial charge < -0.3 is 15.7 Å². The number of rotatable bonds is 9. The molecule has 2 aromatic carbocycles. The van der Waals surface area contributed by atoms with Gasteiger partial charge in [-0.05, 0) is 67.0 Å². The molecular weight excluding hydrogens is 485 g/mol. The quantitative estimate of drug-likeness (QED) is 0.360. The third-order valence-corrected chi connectivity index (χ3v) is 6.74. The van der Waals surface area contributed by atoms with Crippen LogP contribution in [-0.4, -0.2) is 34.6 Å². The number of carbonyl (C=O) groups excluding carboxylic acids is 1. The van der Waals surface area contributed by atoms with Gasteiger partial charge in [-0.1, -0.05) is 59.6 Å². The zero-order chi connectivity index (χ0) is 24.8. The number of carbonyl (C=O) groups is 2. The second kappa shape index (κ2) is 11.6. The maximum atomic E-state index is 12.6. The van der Waals surface area contributed by atoms with E-state index in [1.807, 2.05) is 24.3 Å². The molecule has 1 aliphatic heterocycles. The van der Waals surface area contributed by atoms with Crippen molar-refractivity contribution >= 4 is 40.9 Å². The Bertz CT molecular complexity index is 1190. The SMILES string of the molecule is O=C(N[C@@H](Cc1ccc(CCCc2ccc3c(n2)NCCC3)cc1)C(=O)O)c1c(Cl)cccc1Cl. The normalized spacial score (nSPS) is 13.4. The summed E-state index contributed by atoms with van der Waals surface area (Å²) in [4.78, 5) is 29.1. The van der Waals surface area contributed by atoms with E-state index in [-0.39, 0.29) is 22.0 Å². The molecule has 3 N–H and O–H groups in total. The van der Waals surface area contributed by atoms with E-state index in [9.17, 15) is 14.7 Å². The van der Waals surface area contributed by atoms with Gasteiger partial charge in [0.1, 0.15) is 11.9 Å². The molecule has 0 saturated carbocycles. The summed E-state index contributed by atoms with van der Waals surface area (Å²) < 4.78 is 0. The number of benzene rings is 2. The standard InChI is InChI=1S/C27H27Cl2N3O3/c28-21-7-2-8-22(29)24(21)26(33)32-23(27(34)35)16-18-11-9-17(10-12-18)4-1-6-20-14-13-19-5-3-15-30-25(19)31-20/h2,7-14,23H,1,3-6,15-16H2,(H,30,31)(H,32,33)(H,34,35)/t23-/m0/s1. The predicted molar refractivity (Wildman–Crippen MR) is 139 cm³/mol. The Morgan fingerprint density at radius 1 is 1.00 bits per heavy atom.